The molecule has 0 bridgehead atoms. The first-order valence-corrected chi connectivity index (χ1v) is 11.0. The molecule has 1 saturated heterocycles. The SMILES string of the molecule is COc1ccc(F)cc1S(=O)(=O)N1CCC[C@H](C(=O)NC2CCCCC2)C1. The van der Waals surface area contributed by atoms with Gasteiger partial charge in [0, 0.05) is 19.1 Å². The van der Waals surface area contributed by atoms with Crippen LogP contribution >= 0.6 is 0 Å². The van der Waals surface area contributed by atoms with E-state index >= 15 is 0 Å². The van der Waals surface area contributed by atoms with Gasteiger partial charge >= 0.3 is 0 Å². The Balaban J connectivity index is 1.73. The zero-order valence-electron chi connectivity index (χ0n) is 15.6. The summed E-state index contributed by atoms with van der Waals surface area (Å²) in [6.07, 6.45) is 6.68. The van der Waals surface area contributed by atoms with Crippen LogP contribution < -0.4 is 10.1 Å². The number of nitrogens with one attached hydrogen (secondary N) is 1. The Morgan fingerprint density at radius 3 is 2.63 bits per heavy atom. The van der Waals surface area contributed by atoms with Gasteiger partial charge in [-0.1, -0.05) is 19.3 Å². The van der Waals surface area contributed by atoms with Crippen molar-refractivity contribution in [3.05, 3.63) is 24.0 Å². The first-order chi connectivity index (χ1) is 12.9. The summed E-state index contributed by atoms with van der Waals surface area (Å²) in [6.45, 7) is 0.426. The van der Waals surface area contributed by atoms with Crippen molar-refractivity contribution >= 4 is 15.9 Å². The predicted molar refractivity (Wildman–Crippen MR) is 99.5 cm³/mol. The lowest BCUT2D eigenvalue weighted by Gasteiger charge is -2.33. The van der Waals surface area contributed by atoms with Crippen LogP contribution in [0.5, 0.6) is 5.75 Å². The average Bonchev–Trinajstić information content (AvgIpc) is 2.69. The zero-order valence-corrected chi connectivity index (χ0v) is 16.4. The van der Waals surface area contributed by atoms with Crippen molar-refractivity contribution in [2.45, 2.75) is 55.9 Å². The number of halogens is 1. The van der Waals surface area contributed by atoms with E-state index in [1.807, 2.05) is 0 Å². The van der Waals surface area contributed by atoms with Crippen LogP contribution in [0.3, 0.4) is 0 Å². The highest BCUT2D eigenvalue weighted by Crippen LogP contribution is 2.30. The highest BCUT2D eigenvalue weighted by molar-refractivity contribution is 7.89. The standard InChI is InChI=1S/C19H27FN2O4S/c1-26-17-10-9-15(20)12-18(17)27(24,25)22-11-5-6-14(13-22)19(23)21-16-7-3-2-4-8-16/h9-10,12,14,16H,2-8,11,13H2,1H3,(H,21,23)/t14-/m0/s1. The van der Waals surface area contributed by atoms with Crippen LogP contribution in [0.4, 0.5) is 4.39 Å². The van der Waals surface area contributed by atoms with Crippen LogP contribution in [0, 0.1) is 11.7 Å². The van der Waals surface area contributed by atoms with E-state index in [-0.39, 0.29) is 35.1 Å². The minimum absolute atomic E-state index is 0.0759. The van der Waals surface area contributed by atoms with Gasteiger partial charge in [0.1, 0.15) is 16.5 Å². The fourth-order valence-corrected chi connectivity index (χ4v) is 5.62. The molecular weight excluding hydrogens is 371 g/mol. The van der Waals surface area contributed by atoms with Crippen LogP contribution in [0.25, 0.3) is 0 Å². The third-order valence-electron chi connectivity index (χ3n) is 5.45. The molecule has 1 atom stereocenters. The summed E-state index contributed by atoms with van der Waals surface area (Å²) >= 11 is 0. The Morgan fingerprint density at radius 1 is 1.19 bits per heavy atom. The van der Waals surface area contributed by atoms with Gasteiger partial charge in [-0.15, -0.1) is 0 Å². The lowest BCUT2D eigenvalue weighted by Crippen LogP contribution is -2.47. The molecule has 1 aromatic carbocycles. The lowest BCUT2D eigenvalue weighted by molar-refractivity contribution is -0.127. The number of nitrogens with zero attached hydrogens (tertiary/aromatic N) is 1. The van der Waals surface area contributed by atoms with E-state index in [4.69, 9.17) is 4.74 Å². The molecule has 1 N–H and O–H groups in total. The largest absolute Gasteiger partial charge is 0.495 e. The molecule has 2 fully saturated rings. The topological polar surface area (TPSA) is 75.7 Å². The molecule has 1 saturated carbocycles. The van der Waals surface area contributed by atoms with Crippen molar-refractivity contribution in [3.63, 3.8) is 0 Å². The molecule has 1 heterocycles. The number of carbonyl (C=O) groups excluding carboxylic acids is 1. The third kappa shape index (κ3) is 4.60. The molecular formula is C19H27FN2O4S. The van der Waals surface area contributed by atoms with Gasteiger partial charge in [-0.05, 0) is 43.9 Å². The first kappa shape index (κ1) is 20.1. The van der Waals surface area contributed by atoms with Gasteiger partial charge < -0.3 is 10.1 Å². The van der Waals surface area contributed by atoms with E-state index in [0.717, 1.165) is 37.8 Å². The maximum Gasteiger partial charge on any atom is 0.246 e. The third-order valence-corrected chi connectivity index (χ3v) is 7.34. The van der Waals surface area contributed by atoms with Crippen LogP contribution in [-0.4, -0.2) is 44.9 Å². The summed E-state index contributed by atoms with van der Waals surface area (Å²) in [5.41, 5.74) is 0. The number of hydrogen-bond donors (Lipinski definition) is 1. The Kier molecular flexibility index (Phi) is 6.37. The average molecular weight is 399 g/mol. The number of rotatable bonds is 5. The van der Waals surface area contributed by atoms with E-state index in [2.05, 4.69) is 5.32 Å². The minimum Gasteiger partial charge on any atom is -0.495 e. The number of ether oxygens (including phenoxy) is 1. The number of methoxy groups -OCH3 is 1. The number of hydrogen-bond acceptors (Lipinski definition) is 4. The van der Waals surface area contributed by atoms with Crippen LogP contribution in [0.1, 0.15) is 44.9 Å². The Bertz CT molecular complexity index is 778. The Morgan fingerprint density at radius 2 is 1.93 bits per heavy atom. The van der Waals surface area contributed by atoms with Crippen LogP contribution in [0.2, 0.25) is 0 Å². The number of sulfonamides is 1. The van der Waals surface area contributed by atoms with Crippen molar-refractivity contribution < 1.29 is 22.3 Å². The van der Waals surface area contributed by atoms with Crippen molar-refractivity contribution in [1.29, 1.82) is 0 Å². The van der Waals surface area contributed by atoms with Crippen LogP contribution in [-0.2, 0) is 14.8 Å². The Hall–Kier alpha value is -1.67. The number of piperidine rings is 1. The van der Waals surface area contributed by atoms with E-state index in [0.29, 0.717) is 19.4 Å². The molecule has 1 amide bonds. The maximum absolute atomic E-state index is 13.6. The number of carbonyl (C=O) groups is 1. The minimum atomic E-state index is -3.94. The summed E-state index contributed by atoms with van der Waals surface area (Å²) in [4.78, 5) is 12.4. The molecule has 150 valence electrons. The molecule has 3 rings (SSSR count). The molecule has 1 aliphatic carbocycles. The van der Waals surface area contributed by atoms with Gasteiger partial charge in [0.25, 0.3) is 0 Å². The summed E-state index contributed by atoms with van der Waals surface area (Å²) in [5.74, 6) is -0.994. The van der Waals surface area contributed by atoms with Gasteiger partial charge in [0.05, 0.1) is 13.0 Å². The van der Waals surface area contributed by atoms with E-state index in [1.165, 1.54) is 23.9 Å². The normalized spacial score (nSPS) is 22.4. The molecule has 6 nitrogen and oxygen atoms in total. The second-order valence-corrected chi connectivity index (χ2v) is 9.25. The molecule has 8 heteroatoms. The number of benzene rings is 1. The second kappa shape index (κ2) is 8.56. The van der Waals surface area contributed by atoms with Crippen LogP contribution in [0.15, 0.2) is 23.1 Å². The van der Waals surface area contributed by atoms with Gasteiger partial charge in [0.2, 0.25) is 15.9 Å². The molecule has 0 spiro atoms. The molecule has 27 heavy (non-hydrogen) atoms. The fraction of sp³-hybridized carbons (Fsp3) is 0.632. The monoisotopic (exact) mass is 398 g/mol. The molecule has 0 radical (unpaired) electrons. The maximum atomic E-state index is 13.6. The zero-order chi connectivity index (χ0) is 19.4. The van der Waals surface area contributed by atoms with Gasteiger partial charge in [-0.2, -0.15) is 4.31 Å². The van der Waals surface area contributed by atoms with Crippen molar-refractivity contribution in [3.8, 4) is 5.75 Å². The first-order valence-electron chi connectivity index (χ1n) is 9.56. The van der Waals surface area contributed by atoms with E-state index < -0.39 is 15.8 Å². The highest BCUT2D eigenvalue weighted by Gasteiger charge is 2.35. The van der Waals surface area contributed by atoms with Gasteiger partial charge in [-0.3, -0.25) is 4.79 Å². The lowest BCUT2D eigenvalue weighted by atomic mass is 9.93. The molecule has 2 aliphatic rings. The van der Waals surface area contributed by atoms with E-state index in [1.54, 1.807) is 0 Å². The van der Waals surface area contributed by atoms with E-state index in [9.17, 15) is 17.6 Å². The van der Waals surface area contributed by atoms with Crippen molar-refractivity contribution in [2.24, 2.45) is 5.92 Å². The van der Waals surface area contributed by atoms with Crippen molar-refractivity contribution in [1.82, 2.24) is 9.62 Å². The highest BCUT2D eigenvalue weighted by atomic mass is 32.2. The van der Waals surface area contributed by atoms with Crippen molar-refractivity contribution in [2.75, 3.05) is 20.2 Å². The number of amides is 1. The van der Waals surface area contributed by atoms with Gasteiger partial charge in [-0.25, -0.2) is 12.8 Å². The molecule has 0 unspecified atom stereocenters. The molecule has 1 aliphatic heterocycles. The van der Waals surface area contributed by atoms with Gasteiger partial charge in [0.15, 0.2) is 0 Å². The summed E-state index contributed by atoms with van der Waals surface area (Å²) < 4.78 is 46.1. The fourth-order valence-electron chi connectivity index (χ4n) is 3.93. The summed E-state index contributed by atoms with van der Waals surface area (Å²) in [6, 6.07) is 3.63. The molecule has 0 aromatic heterocycles. The molecule has 1 aromatic rings. The smallest absolute Gasteiger partial charge is 0.246 e. The summed E-state index contributed by atoms with van der Waals surface area (Å²) in [7, 11) is -2.59. The second-order valence-electron chi connectivity index (χ2n) is 7.34. The quantitative estimate of drug-likeness (QED) is 0.827. The summed E-state index contributed by atoms with van der Waals surface area (Å²) in [5, 5.41) is 3.09. The Labute approximate surface area is 160 Å². The predicted octanol–water partition coefficient (Wildman–Crippen LogP) is 2.68.